The minimum atomic E-state index is -0.532. The molecule has 1 heterocycles. The first-order valence-electron chi connectivity index (χ1n) is 11.0. The molecule has 1 amide bonds. The van der Waals surface area contributed by atoms with E-state index in [1.807, 2.05) is 6.07 Å². The van der Waals surface area contributed by atoms with E-state index in [9.17, 15) is 4.79 Å². The van der Waals surface area contributed by atoms with Crippen LogP contribution >= 0.6 is 0 Å². The summed E-state index contributed by atoms with van der Waals surface area (Å²) >= 11 is 0. The average Bonchev–Trinajstić information content (AvgIpc) is 2.75. The molecule has 5 heteroatoms. The largest absolute Gasteiger partial charge is 0.456 e. The monoisotopic (exact) mass is 393 g/mol. The van der Waals surface area contributed by atoms with Crippen LogP contribution in [0.2, 0.25) is 0 Å². The van der Waals surface area contributed by atoms with Gasteiger partial charge >= 0.3 is 0 Å². The van der Waals surface area contributed by atoms with Crippen LogP contribution in [0.1, 0.15) is 72.3 Å². The number of nitrogens with two attached hydrogens (primary N) is 1. The summed E-state index contributed by atoms with van der Waals surface area (Å²) in [5.74, 6) is 2.03. The summed E-state index contributed by atoms with van der Waals surface area (Å²) in [5.41, 5.74) is 8.54. The molecule has 29 heavy (non-hydrogen) atoms. The number of carbonyl (C=O) groups is 1. The third-order valence-electron chi connectivity index (χ3n) is 6.38. The number of aromatic nitrogens is 1. The van der Waals surface area contributed by atoms with Crippen molar-refractivity contribution in [1.29, 1.82) is 0 Å². The fourth-order valence-electron chi connectivity index (χ4n) is 4.79. The lowest BCUT2D eigenvalue weighted by atomic mass is 9.82. The van der Waals surface area contributed by atoms with Gasteiger partial charge in [-0.1, -0.05) is 25.3 Å². The molecule has 2 aromatic rings. The van der Waals surface area contributed by atoms with Crippen molar-refractivity contribution in [3.05, 3.63) is 53.3 Å². The molecule has 1 atom stereocenters. The van der Waals surface area contributed by atoms with Crippen molar-refractivity contribution in [3.63, 3.8) is 0 Å². The third kappa shape index (κ3) is 4.96. The van der Waals surface area contributed by atoms with Gasteiger partial charge in [0.1, 0.15) is 17.1 Å². The molecule has 0 bridgehead atoms. The van der Waals surface area contributed by atoms with Gasteiger partial charge in [-0.05, 0) is 79.8 Å². The number of benzene rings is 1. The zero-order valence-electron chi connectivity index (χ0n) is 17.0. The smallest absolute Gasteiger partial charge is 0.254 e. The maximum atomic E-state index is 11.6. The maximum absolute atomic E-state index is 11.6. The van der Waals surface area contributed by atoms with Gasteiger partial charge in [0.25, 0.3) is 5.91 Å². The summed E-state index contributed by atoms with van der Waals surface area (Å²) in [6.07, 6.45) is 13.6. The normalized spacial score (nSPS) is 19.5. The van der Waals surface area contributed by atoms with Gasteiger partial charge in [-0.15, -0.1) is 0 Å². The molecule has 1 saturated carbocycles. The maximum Gasteiger partial charge on any atom is 0.254 e. The highest BCUT2D eigenvalue weighted by molar-refractivity contribution is 5.95. The first-order valence-corrected chi connectivity index (χ1v) is 11.0. The van der Waals surface area contributed by atoms with E-state index in [4.69, 9.17) is 10.5 Å². The highest BCUT2D eigenvalue weighted by Gasteiger charge is 2.22. The van der Waals surface area contributed by atoms with Gasteiger partial charge in [0.2, 0.25) is 0 Å². The van der Waals surface area contributed by atoms with Crippen molar-refractivity contribution in [2.75, 3.05) is 13.1 Å². The molecule has 1 aromatic heterocycles. The summed E-state index contributed by atoms with van der Waals surface area (Å²) in [4.78, 5) is 15.6. The van der Waals surface area contributed by atoms with Crippen LogP contribution < -0.4 is 15.8 Å². The number of aryl methyl sites for hydroxylation is 1. The number of rotatable bonds is 7. The van der Waals surface area contributed by atoms with Crippen LogP contribution in [-0.4, -0.2) is 24.0 Å². The Morgan fingerprint density at radius 2 is 1.97 bits per heavy atom. The van der Waals surface area contributed by atoms with Gasteiger partial charge in [-0.3, -0.25) is 9.78 Å². The molecule has 0 saturated heterocycles. The second kappa shape index (κ2) is 9.40. The number of nitrogens with one attached hydrogen (secondary N) is 1. The molecule has 4 rings (SSSR count). The zero-order chi connectivity index (χ0) is 20.1. The summed E-state index contributed by atoms with van der Waals surface area (Å²) in [6.45, 7) is 2.16. The fraction of sp³-hybridized carbons (Fsp3) is 0.500. The lowest BCUT2D eigenvalue weighted by molar-refractivity contribution is 0.0997. The number of amides is 1. The second-order valence-electron chi connectivity index (χ2n) is 8.45. The number of hydrogen-bond acceptors (Lipinski definition) is 4. The first-order chi connectivity index (χ1) is 14.2. The van der Waals surface area contributed by atoms with E-state index in [1.165, 1.54) is 62.3 Å². The van der Waals surface area contributed by atoms with E-state index in [2.05, 4.69) is 22.4 Å². The fourth-order valence-corrected chi connectivity index (χ4v) is 4.79. The minimum absolute atomic E-state index is 0.302. The Balaban J connectivity index is 1.45. The molecule has 0 radical (unpaired) electrons. The summed E-state index contributed by atoms with van der Waals surface area (Å²) in [7, 11) is 0. The number of carbonyl (C=O) groups excluding carboxylic acids is 1. The van der Waals surface area contributed by atoms with Crippen LogP contribution in [0.4, 0.5) is 0 Å². The van der Waals surface area contributed by atoms with Crippen molar-refractivity contribution < 1.29 is 9.53 Å². The highest BCUT2D eigenvalue weighted by atomic mass is 16.5. The molecule has 3 N–H and O–H groups in total. The molecule has 1 fully saturated rings. The molecule has 0 spiro atoms. The molecule has 0 aliphatic heterocycles. The Morgan fingerprint density at radius 1 is 1.10 bits per heavy atom. The van der Waals surface area contributed by atoms with Crippen LogP contribution in [0.25, 0.3) is 0 Å². The van der Waals surface area contributed by atoms with Crippen molar-refractivity contribution in [2.45, 2.75) is 57.3 Å². The molecule has 1 aromatic carbocycles. The number of ether oxygens (including phenoxy) is 1. The standard InChI is InChI=1S/C24H31N3O2/c25-24(28)22-16-26-12-11-23(22)29-20-10-9-18-7-4-8-19(21(18)13-20)15-27-14-17-5-2-1-3-6-17/h9-13,16-17,19,27H,1-8,14-15H2,(H2,25,28). The molecule has 154 valence electrons. The van der Waals surface area contributed by atoms with E-state index in [-0.39, 0.29) is 0 Å². The predicted octanol–water partition coefficient (Wildman–Crippen LogP) is 4.56. The highest BCUT2D eigenvalue weighted by Crippen LogP contribution is 2.35. The van der Waals surface area contributed by atoms with Crippen LogP contribution in [0.3, 0.4) is 0 Å². The second-order valence-corrected chi connectivity index (χ2v) is 8.45. The number of pyridine rings is 1. The van der Waals surface area contributed by atoms with Gasteiger partial charge in [0, 0.05) is 18.9 Å². The number of fused-ring (bicyclic) bond motifs is 1. The Labute approximate surface area is 173 Å². The Kier molecular flexibility index (Phi) is 6.45. The van der Waals surface area contributed by atoms with Crippen LogP contribution in [0.5, 0.6) is 11.5 Å². The van der Waals surface area contributed by atoms with Crippen LogP contribution in [-0.2, 0) is 6.42 Å². The molecule has 2 aliphatic carbocycles. The van der Waals surface area contributed by atoms with Gasteiger partial charge < -0.3 is 15.8 Å². The Hall–Kier alpha value is -2.40. The Morgan fingerprint density at radius 3 is 2.79 bits per heavy atom. The van der Waals surface area contributed by atoms with Gasteiger partial charge in [0.15, 0.2) is 0 Å². The summed E-state index contributed by atoms with van der Waals surface area (Å²) in [6, 6.07) is 7.99. The SMILES string of the molecule is NC(=O)c1cnccc1Oc1ccc2c(c1)C(CNCC1CCCCC1)CCC2. The quantitative estimate of drug-likeness (QED) is 0.723. The third-order valence-corrected chi connectivity index (χ3v) is 6.38. The Bertz CT molecular complexity index is 846. The zero-order valence-corrected chi connectivity index (χ0v) is 17.0. The van der Waals surface area contributed by atoms with Gasteiger partial charge in [-0.2, -0.15) is 0 Å². The number of nitrogens with zero attached hydrogens (tertiary/aromatic N) is 1. The van der Waals surface area contributed by atoms with E-state index in [0.29, 0.717) is 17.2 Å². The average molecular weight is 394 g/mol. The van der Waals surface area contributed by atoms with Gasteiger partial charge in [-0.25, -0.2) is 0 Å². The van der Waals surface area contributed by atoms with E-state index < -0.39 is 5.91 Å². The van der Waals surface area contributed by atoms with Gasteiger partial charge in [0.05, 0.1) is 0 Å². The molecule has 2 aliphatic rings. The topological polar surface area (TPSA) is 77.2 Å². The number of hydrogen-bond donors (Lipinski definition) is 2. The van der Waals surface area contributed by atoms with E-state index in [1.54, 1.807) is 12.3 Å². The number of primary amides is 1. The van der Waals surface area contributed by atoms with E-state index in [0.717, 1.165) is 31.2 Å². The van der Waals surface area contributed by atoms with Crippen molar-refractivity contribution in [2.24, 2.45) is 11.7 Å². The van der Waals surface area contributed by atoms with Crippen molar-refractivity contribution in [1.82, 2.24) is 10.3 Å². The lowest BCUT2D eigenvalue weighted by Gasteiger charge is -2.28. The van der Waals surface area contributed by atoms with Crippen molar-refractivity contribution in [3.8, 4) is 11.5 Å². The lowest BCUT2D eigenvalue weighted by Crippen LogP contribution is -2.29. The van der Waals surface area contributed by atoms with Crippen molar-refractivity contribution >= 4 is 5.91 Å². The molecular weight excluding hydrogens is 362 g/mol. The minimum Gasteiger partial charge on any atom is -0.456 e. The van der Waals surface area contributed by atoms with Crippen LogP contribution in [0, 0.1) is 5.92 Å². The van der Waals surface area contributed by atoms with E-state index >= 15 is 0 Å². The van der Waals surface area contributed by atoms with Crippen LogP contribution in [0.15, 0.2) is 36.7 Å². The molecule has 1 unspecified atom stereocenters. The molecule has 5 nitrogen and oxygen atoms in total. The predicted molar refractivity (Wildman–Crippen MR) is 114 cm³/mol. The first kappa shape index (κ1) is 19.9. The summed E-state index contributed by atoms with van der Waals surface area (Å²) < 4.78 is 6.02. The molecular formula is C24H31N3O2. The summed E-state index contributed by atoms with van der Waals surface area (Å²) in [5, 5.41) is 3.75.